The zero-order valence-electron chi connectivity index (χ0n) is 15.8. The van der Waals surface area contributed by atoms with Gasteiger partial charge in [0.1, 0.15) is 0 Å². The average Bonchev–Trinajstić information content (AvgIpc) is 3.03. The minimum atomic E-state index is -0.338. The summed E-state index contributed by atoms with van der Waals surface area (Å²) in [5.41, 5.74) is 3.90. The largest absolute Gasteiger partial charge is 0.338 e. The molecule has 0 aromatic heterocycles. The van der Waals surface area contributed by atoms with Crippen LogP contribution in [0.15, 0.2) is 42.5 Å². The molecule has 1 unspecified atom stereocenters. The zero-order valence-corrected chi connectivity index (χ0v) is 16.6. The van der Waals surface area contributed by atoms with Crippen molar-refractivity contribution in [3.63, 3.8) is 0 Å². The minimum absolute atomic E-state index is 0.0246. The number of carbonyl (C=O) groups excluding carboxylic acids is 2. The monoisotopic (exact) mass is 384 g/mol. The molecule has 0 bridgehead atoms. The molecule has 1 atom stereocenters. The molecule has 1 fully saturated rings. The molecule has 2 aromatic rings. The molecule has 142 valence electrons. The standard InChI is InChI=1S/C22H25ClN2O2/c1-3-16-10-11-19(23)18(4-2)21(16)24-22(27)17-12-20(26)25(14-17)13-15-8-6-5-7-9-15/h5-11,17H,3-4,12-14H2,1-2H3,(H,24,27). The fourth-order valence-corrected chi connectivity index (χ4v) is 3.89. The van der Waals surface area contributed by atoms with E-state index in [0.717, 1.165) is 35.2 Å². The Labute approximate surface area is 165 Å². The number of amides is 2. The number of benzene rings is 2. The van der Waals surface area contributed by atoms with E-state index < -0.39 is 0 Å². The molecule has 2 aromatic carbocycles. The molecule has 5 heteroatoms. The first kappa shape index (κ1) is 19.4. The van der Waals surface area contributed by atoms with Crippen LogP contribution in [0.25, 0.3) is 0 Å². The Morgan fingerprint density at radius 2 is 1.89 bits per heavy atom. The summed E-state index contributed by atoms with van der Waals surface area (Å²) in [4.78, 5) is 27.0. The fourth-order valence-electron chi connectivity index (χ4n) is 3.60. The van der Waals surface area contributed by atoms with Crippen LogP contribution < -0.4 is 5.32 Å². The summed E-state index contributed by atoms with van der Waals surface area (Å²) in [5, 5.41) is 3.73. The normalized spacial score (nSPS) is 16.6. The zero-order chi connectivity index (χ0) is 19.4. The van der Waals surface area contributed by atoms with Crippen molar-refractivity contribution in [1.29, 1.82) is 0 Å². The van der Waals surface area contributed by atoms with Crippen LogP contribution >= 0.6 is 11.6 Å². The Balaban J connectivity index is 1.72. The van der Waals surface area contributed by atoms with Gasteiger partial charge in [-0.05, 0) is 35.6 Å². The lowest BCUT2D eigenvalue weighted by molar-refractivity contribution is -0.128. The van der Waals surface area contributed by atoms with Crippen molar-refractivity contribution >= 4 is 29.1 Å². The predicted octanol–water partition coefficient (Wildman–Crippen LogP) is 4.45. The minimum Gasteiger partial charge on any atom is -0.338 e. The van der Waals surface area contributed by atoms with Crippen LogP contribution in [0.4, 0.5) is 5.69 Å². The summed E-state index contributed by atoms with van der Waals surface area (Å²) >= 11 is 6.32. The highest BCUT2D eigenvalue weighted by molar-refractivity contribution is 6.32. The molecule has 0 saturated carbocycles. The van der Waals surface area contributed by atoms with Crippen molar-refractivity contribution in [1.82, 2.24) is 4.90 Å². The van der Waals surface area contributed by atoms with Gasteiger partial charge in [0.2, 0.25) is 11.8 Å². The van der Waals surface area contributed by atoms with Crippen LogP contribution in [0.5, 0.6) is 0 Å². The number of halogens is 1. The van der Waals surface area contributed by atoms with E-state index in [1.54, 1.807) is 4.90 Å². The second-order valence-corrected chi connectivity index (χ2v) is 7.32. The lowest BCUT2D eigenvalue weighted by Crippen LogP contribution is -2.28. The van der Waals surface area contributed by atoms with Gasteiger partial charge in [0.25, 0.3) is 0 Å². The number of rotatable bonds is 6. The van der Waals surface area contributed by atoms with E-state index in [4.69, 9.17) is 11.6 Å². The molecule has 1 aliphatic rings. The number of likely N-dealkylation sites (tertiary alicyclic amines) is 1. The van der Waals surface area contributed by atoms with E-state index in [9.17, 15) is 9.59 Å². The molecule has 1 heterocycles. The number of nitrogens with zero attached hydrogens (tertiary/aromatic N) is 1. The van der Waals surface area contributed by atoms with E-state index in [0.29, 0.717) is 18.1 Å². The van der Waals surface area contributed by atoms with Gasteiger partial charge in [-0.15, -0.1) is 0 Å². The van der Waals surface area contributed by atoms with Gasteiger partial charge in [0.15, 0.2) is 0 Å². The summed E-state index contributed by atoms with van der Waals surface area (Å²) in [5.74, 6) is -0.420. The first-order chi connectivity index (χ1) is 13.0. The molecular formula is C22H25ClN2O2. The average molecular weight is 385 g/mol. The topological polar surface area (TPSA) is 49.4 Å². The summed E-state index contributed by atoms with van der Waals surface area (Å²) in [6, 6.07) is 13.7. The molecule has 4 nitrogen and oxygen atoms in total. The van der Waals surface area contributed by atoms with Crippen molar-refractivity contribution < 1.29 is 9.59 Å². The van der Waals surface area contributed by atoms with E-state index in [-0.39, 0.29) is 24.2 Å². The first-order valence-corrected chi connectivity index (χ1v) is 9.84. The van der Waals surface area contributed by atoms with Crippen molar-refractivity contribution in [3.8, 4) is 0 Å². The van der Waals surface area contributed by atoms with Gasteiger partial charge < -0.3 is 10.2 Å². The number of aryl methyl sites for hydroxylation is 1. The Hall–Kier alpha value is -2.33. The van der Waals surface area contributed by atoms with Gasteiger partial charge in [0, 0.05) is 30.2 Å². The summed E-state index contributed by atoms with van der Waals surface area (Å²) < 4.78 is 0. The highest BCUT2D eigenvalue weighted by atomic mass is 35.5. The van der Waals surface area contributed by atoms with E-state index in [1.165, 1.54) is 0 Å². The smallest absolute Gasteiger partial charge is 0.229 e. The molecular weight excluding hydrogens is 360 g/mol. The van der Waals surface area contributed by atoms with Gasteiger partial charge in [-0.2, -0.15) is 0 Å². The number of hydrogen-bond donors (Lipinski definition) is 1. The highest BCUT2D eigenvalue weighted by Gasteiger charge is 2.34. The Kier molecular flexibility index (Phi) is 6.17. The Bertz CT molecular complexity index is 836. The van der Waals surface area contributed by atoms with Crippen molar-refractivity contribution in [2.45, 2.75) is 39.7 Å². The summed E-state index contributed by atoms with van der Waals surface area (Å²) in [7, 11) is 0. The molecule has 2 amide bonds. The predicted molar refractivity (Wildman–Crippen MR) is 109 cm³/mol. The third-order valence-electron chi connectivity index (χ3n) is 5.13. The van der Waals surface area contributed by atoms with Gasteiger partial charge in [-0.3, -0.25) is 9.59 Å². The van der Waals surface area contributed by atoms with Crippen LogP contribution in [-0.4, -0.2) is 23.3 Å². The maximum atomic E-state index is 12.9. The molecule has 1 N–H and O–H groups in total. The number of carbonyl (C=O) groups is 2. The molecule has 1 saturated heterocycles. The second-order valence-electron chi connectivity index (χ2n) is 6.92. The van der Waals surface area contributed by atoms with Gasteiger partial charge in [-0.1, -0.05) is 61.8 Å². The summed E-state index contributed by atoms with van der Waals surface area (Å²) in [6.45, 7) is 5.07. The van der Waals surface area contributed by atoms with Crippen LogP contribution in [0, 0.1) is 5.92 Å². The van der Waals surface area contributed by atoms with E-state index in [1.807, 2.05) is 49.4 Å². The Morgan fingerprint density at radius 3 is 2.56 bits per heavy atom. The lowest BCUT2D eigenvalue weighted by atomic mass is 10.0. The third-order valence-corrected chi connectivity index (χ3v) is 5.48. The number of hydrogen-bond acceptors (Lipinski definition) is 2. The molecule has 3 rings (SSSR count). The number of nitrogens with one attached hydrogen (secondary N) is 1. The van der Waals surface area contributed by atoms with E-state index >= 15 is 0 Å². The van der Waals surface area contributed by atoms with Gasteiger partial charge in [0.05, 0.1) is 5.92 Å². The molecule has 1 aliphatic heterocycles. The molecule has 0 aliphatic carbocycles. The molecule has 27 heavy (non-hydrogen) atoms. The first-order valence-electron chi connectivity index (χ1n) is 9.46. The highest BCUT2D eigenvalue weighted by Crippen LogP contribution is 2.31. The quantitative estimate of drug-likeness (QED) is 0.799. The van der Waals surface area contributed by atoms with Crippen molar-refractivity contribution in [3.05, 3.63) is 64.2 Å². The second kappa shape index (κ2) is 8.57. The van der Waals surface area contributed by atoms with Crippen molar-refractivity contribution in [2.75, 3.05) is 11.9 Å². The van der Waals surface area contributed by atoms with Crippen LogP contribution in [0.1, 0.15) is 37.0 Å². The van der Waals surface area contributed by atoms with E-state index in [2.05, 4.69) is 12.2 Å². The lowest BCUT2D eigenvalue weighted by Gasteiger charge is -2.19. The third kappa shape index (κ3) is 4.33. The van der Waals surface area contributed by atoms with Crippen LogP contribution in [0.3, 0.4) is 0 Å². The van der Waals surface area contributed by atoms with Crippen molar-refractivity contribution in [2.24, 2.45) is 5.92 Å². The SMILES string of the molecule is CCc1ccc(Cl)c(CC)c1NC(=O)C1CC(=O)N(Cc2ccccc2)C1. The van der Waals surface area contributed by atoms with Crippen LogP contribution in [-0.2, 0) is 29.0 Å². The number of anilines is 1. The molecule has 0 spiro atoms. The Morgan fingerprint density at radius 1 is 1.15 bits per heavy atom. The maximum absolute atomic E-state index is 12.9. The van der Waals surface area contributed by atoms with Crippen LogP contribution in [0.2, 0.25) is 5.02 Å². The van der Waals surface area contributed by atoms with Gasteiger partial charge >= 0.3 is 0 Å². The summed E-state index contributed by atoms with van der Waals surface area (Å²) in [6.07, 6.45) is 1.80. The molecule has 0 radical (unpaired) electrons. The van der Waals surface area contributed by atoms with Gasteiger partial charge in [-0.25, -0.2) is 0 Å². The maximum Gasteiger partial charge on any atom is 0.229 e. The fraction of sp³-hybridized carbons (Fsp3) is 0.364.